The van der Waals surface area contributed by atoms with Crippen LogP contribution < -0.4 is 0 Å². The number of aliphatic hydroxyl groups is 14. The Balaban J connectivity index is 1.56. The second-order valence-electron chi connectivity index (χ2n) is 12.1. The SMILES string of the molecule is OCC1O[C@H](COC[C@]2(CO[C@@]3(CO[C@]4(CO)O[C@H](CO)C(O)[C@H]4O)O[C@H](CO)C(O)[C@H]3O)O[C@H](CO)C(O)[C@H]2O)C(O)[C@H](O)[C@@H]1O. The fourth-order valence-electron chi connectivity index (χ4n) is 6.10. The Morgan fingerprint density at radius 2 is 0.915 bits per heavy atom. The summed E-state index contributed by atoms with van der Waals surface area (Å²) in [6, 6.07) is 0. The molecule has 47 heavy (non-hydrogen) atoms. The first-order chi connectivity index (χ1) is 22.2. The Hall–Kier alpha value is -0.840. The van der Waals surface area contributed by atoms with Crippen molar-refractivity contribution in [1.29, 1.82) is 0 Å². The Labute approximate surface area is 267 Å². The van der Waals surface area contributed by atoms with E-state index >= 15 is 0 Å². The second-order valence-corrected chi connectivity index (χ2v) is 12.1. The van der Waals surface area contributed by atoms with Gasteiger partial charge in [0.2, 0.25) is 11.6 Å². The molecule has 4 aliphatic heterocycles. The molecule has 0 radical (unpaired) electrons. The summed E-state index contributed by atoms with van der Waals surface area (Å²) in [6.07, 6.45) is -23.0. The maximum atomic E-state index is 11.0. The van der Waals surface area contributed by atoms with Crippen molar-refractivity contribution in [3.05, 3.63) is 0 Å². The van der Waals surface area contributed by atoms with Gasteiger partial charge < -0.3 is 105 Å². The normalized spacial score (nSPS) is 50.4. The number of ether oxygens (including phenoxy) is 7. The minimum Gasteiger partial charge on any atom is -0.394 e. The highest BCUT2D eigenvalue weighted by molar-refractivity contribution is 5.05. The van der Waals surface area contributed by atoms with Crippen molar-refractivity contribution < 1.29 is 105 Å². The van der Waals surface area contributed by atoms with E-state index in [0.717, 1.165) is 0 Å². The maximum Gasteiger partial charge on any atom is 0.222 e. The topological polar surface area (TPSA) is 348 Å². The number of rotatable bonds is 15. The lowest BCUT2D eigenvalue weighted by Crippen LogP contribution is -2.60. The molecule has 4 heterocycles. The molecule has 0 aromatic carbocycles. The predicted molar refractivity (Wildman–Crippen MR) is 144 cm³/mol. The van der Waals surface area contributed by atoms with E-state index in [9.17, 15) is 71.5 Å². The van der Waals surface area contributed by atoms with Gasteiger partial charge in [-0.1, -0.05) is 0 Å². The molecular formula is C26H46O21. The zero-order valence-corrected chi connectivity index (χ0v) is 25.1. The van der Waals surface area contributed by atoms with Crippen molar-refractivity contribution in [1.82, 2.24) is 0 Å². The standard InChI is InChI=1S/C26H46O21/c27-1-10-15(32)20(37)16(33)14(44-10)5-41-7-24(21(38)17(34)11(2-28)45-24)8-42-26(23(40)19(36)13(4-30)47-26)9-43-25(6-31)22(39)18(35)12(3-29)46-25/h10-23,27-40H,1-9H2/t10?,11-,12-,13-,14-,15-,16?,17?,18?,19?,20-,21-,22-,23-,24-,25-,26+/m1/s1. The van der Waals surface area contributed by atoms with Crippen molar-refractivity contribution >= 4 is 0 Å². The zero-order chi connectivity index (χ0) is 34.9. The molecule has 0 bridgehead atoms. The Bertz CT molecular complexity index is 994. The molecule has 0 amide bonds. The molecule has 4 aliphatic rings. The van der Waals surface area contributed by atoms with Gasteiger partial charge in [-0.05, 0) is 0 Å². The van der Waals surface area contributed by atoms with Gasteiger partial charge in [-0.15, -0.1) is 0 Å². The lowest BCUT2D eigenvalue weighted by molar-refractivity contribution is -0.348. The van der Waals surface area contributed by atoms with Crippen LogP contribution in [0.2, 0.25) is 0 Å². The van der Waals surface area contributed by atoms with Gasteiger partial charge in [-0.2, -0.15) is 0 Å². The van der Waals surface area contributed by atoms with E-state index in [-0.39, 0.29) is 0 Å². The predicted octanol–water partition coefficient (Wildman–Crippen LogP) is -9.66. The van der Waals surface area contributed by atoms with Gasteiger partial charge in [-0.3, -0.25) is 0 Å². The smallest absolute Gasteiger partial charge is 0.222 e. The fraction of sp³-hybridized carbons (Fsp3) is 1.00. The van der Waals surface area contributed by atoms with Crippen LogP contribution in [0.25, 0.3) is 0 Å². The van der Waals surface area contributed by atoms with Crippen molar-refractivity contribution in [2.45, 2.75) is 103 Å². The quantitative estimate of drug-likeness (QED) is 0.0756. The highest BCUT2D eigenvalue weighted by atomic mass is 16.8. The van der Waals surface area contributed by atoms with Gasteiger partial charge in [0, 0.05) is 0 Å². The number of hydrogen-bond acceptors (Lipinski definition) is 21. The van der Waals surface area contributed by atoms with Crippen LogP contribution in [0.4, 0.5) is 0 Å². The molecule has 276 valence electrons. The number of hydrogen-bond donors (Lipinski definition) is 14. The minimum atomic E-state index is -2.50. The van der Waals surface area contributed by atoms with Gasteiger partial charge in [0.05, 0.1) is 46.2 Å². The van der Waals surface area contributed by atoms with Gasteiger partial charge in [0.25, 0.3) is 0 Å². The summed E-state index contributed by atoms with van der Waals surface area (Å²) in [5.41, 5.74) is -2.12. The zero-order valence-electron chi connectivity index (χ0n) is 25.1. The first-order valence-corrected chi connectivity index (χ1v) is 14.9. The third-order valence-electron chi connectivity index (χ3n) is 9.10. The molecule has 0 saturated carbocycles. The van der Waals surface area contributed by atoms with Crippen LogP contribution in [0.5, 0.6) is 0 Å². The van der Waals surface area contributed by atoms with Crippen LogP contribution in [0.1, 0.15) is 0 Å². The molecular weight excluding hydrogens is 648 g/mol. The summed E-state index contributed by atoms with van der Waals surface area (Å²) in [5, 5.41) is 143. The molecule has 4 fully saturated rings. The van der Waals surface area contributed by atoms with E-state index in [1.54, 1.807) is 0 Å². The van der Waals surface area contributed by atoms with Gasteiger partial charge in [0.1, 0.15) is 104 Å². The molecule has 17 atom stereocenters. The largest absolute Gasteiger partial charge is 0.394 e. The van der Waals surface area contributed by atoms with Crippen molar-refractivity contribution in [2.24, 2.45) is 0 Å². The average molecular weight is 695 g/mol. The summed E-state index contributed by atoms with van der Waals surface area (Å²) >= 11 is 0. The Morgan fingerprint density at radius 3 is 1.43 bits per heavy atom. The van der Waals surface area contributed by atoms with Crippen LogP contribution in [0, 0.1) is 0 Å². The van der Waals surface area contributed by atoms with E-state index in [4.69, 9.17) is 33.2 Å². The lowest BCUT2D eigenvalue weighted by atomic mass is 9.94. The molecule has 14 N–H and O–H groups in total. The highest BCUT2D eigenvalue weighted by Gasteiger charge is 2.62. The number of aliphatic hydroxyl groups excluding tert-OH is 14. The maximum absolute atomic E-state index is 11.0. The van der Waals surface area contributed by atoms with Gasteiger partial charge in [0.15, 0.2) is 0 Å². The monoisotopic (exact) mass is 694 g/mol. The summed E-state index contributed by atoms with van der Waals surface area (Å²) in [6.45, 7) is -7.38. The summed E-state index contributed by atoms with van der Waals surface area (Å²) in [5.74, 6) is -4.90. The minimum absolute atomic E-state index is 0.541. The Morgan fingerprint density at radius 1 is 0.447 bits per heavy atom. The third-order valence-corrected chi connectivity index (χ3v) is 9.10. The summed E-state index contributed by atoms with van der Waals surface area (Å²) < 4.78 is 39.1. The van der Waals surface area contributed by atoms with Crippen LogP contribution in [0.3, 0.4) is 0 Å². The fourth-order valence-corrected chi connectivity index (χ4v) is 6.10. The van der Waals surface area contributed by atoms with Crippen LogP contribution >= 0.6 is 0 Å². The first-order valence-electron chi connectivity index (χ1n) is 14.9. The highest BCUT2D eigenvalue weighted by Crippen LogP contribution is 2.40. The summed E-state index contributed by atoms with van der Waals surface area (Å²) in [4.78, 5) is 0. The van der Waals surface area contributed by atoms with Crippen LogP contribution in [-0.4, -0.2) is 234 Å². The summed E-state index contributed by atoms with van der Waals surface area (Å²) in [7, 11) is 0. The molecule has 5 unspecified atom stereocenters. The third kappa shape index (κ3) is 7.19. The molecule has 21 heteroatoms. The second kappa shape index (κ2) is 15.6. The van der Waals surface area contributed by atoms with Crippen molar-refractivity contribution in [3.8, 4) is 0 Å². The Kier molecular flexibility index (Phi) is 12.9. The van der Waals surface area contributed by atoms with E-state index in [1.807, 2.05) is 0 Å². The van der Waals surface area contributed by atoms with E-state index in [0.29, 0.717) is 0 Å². The molecule has 0 aromatic heterocycles. The molecule has 4 rings (SSSR count). The van der Waals surface area contributed by atoms with Crippen LogP contribution in [0.15, 0.2) is 0 Å². The average Bonchev–Trinajstić information content (AvgIpc) is 3.58. The van der Waals surface area contributed by atoms with E-state index in [2.05, 4.69) is 0 Å². The van der Waals surface area contributed by atoms with Crippen molar-refractivity contribution in [2.75, 3.05) is 59.5 Å². The molecule has 21 nitrogen and oxygen atoms in total. The molecule has 0 spiro atoms. The van der Waals surface area contributed by atoms with Gasteiger partial charge in [-0.25, -0.2) is 0 Å². The lowest BCUT2D eigenvalue weighted by Gasteiger charge is -2.41. The molecule has 4 saturated heterocycles. The van der Waals surface area contributed by atoms with Gasteiger partial charge >= 0.3 is 0 Å². The van der Waals surface area contributed by atoms with E-state index < -0.39 is 162 Å². The van der Waals surface area contributed by atoms with E-state index in [1.165, 1.54) is 0 Å². The van der Waals surface area contributed by atoms with Crippen molar-refractivity contribution in [3.63, 3.8) is 0 Å². The molecule has 0 aromatic rings. The molecule has 0 aliphatic carbocycles. The first kappa shape index (κ1) is 39.0. The van der Waals surface area contributed by atoms with Crippen LogP contribution in [-0.2, 0) is 33.2 Å².